The van der Waals surface area contributed by atoms with Gasteiger partial charge in [-0.2, -0.15) is 0 Å². The number of aryl methyl sites for hydroxylation is 1. The van der Waals surface area contributed by atoms with E-state index in [2.05, 4.69) is 40.3 Å². The lowest BCUT2D eigenvalue weighted by atomic mass is 9.84. The topological polar surface area (TPSA) is 9.23 Å². The van der Waals surface area contributed by atoms with Crippen molar-refractivity contribution in [3.05, 3.63) is 41.0 Å². The summed E-state index contributed by atoms with van der Waals surface area (Å²) in [6.07, 6.45) is 4.22. The van der Waals surface area contributed by atoms with Crippen LogP contribution in [0, 0.1) is 20.8 Å². The maximum absolute atomic E-state index is 5.41. The Morgan fingerprint density at radius 3 is 2.41 bits per heavy atom. The van der Waals surface area contributed by atoms with Gasteiger partial charge in [-0.1, -0.05) is 13.0 Å². The monoisotopic (exact) mass is 232 g/mol. The highest BCUT2D eigenvalue weighted by atomic mass is 16.5. The van der Waals surface area contributed by atoms with Crippen LogP contribution < -0.4 is 4.74 Å². The number of allylic oxidation sites excluding steroid dienone is 1. The Hall–Kier alpha value is -1.24. The SMILES string of the molecule is C=CCC(CC)c1c(C)cc(OC)c(C)c1C. The first-order valence-electron chi connectivity index (χ1n) is 6.32. The molecule has 0 amide bonds. The predicted octanol–water partition coefficient (Wildman–Crippen LogP) is 4.69. The van der Waals surface area contributed by atoms with Gasteiger partial charge in [0, 0.05) is 0 Å². The van der Waals surface area contributed by atoms with Gasteiger partial charge in [0.25, 0.3) is 0 Å². The van der Waals surface area contributed by atoms with Gasteiger partial charge in [0.1, 0.15) is 5.75 Å². The normalized spacial score (nSPS) is 12.3. The Kier molecular flexibility index (Phi) is 4.80. The highest BCUT2D eigenvalue weighted by molar-refractivity contribution is 5.49. The Labute approximate surface area is 106 Å². The maximum atomic E-state index is 5.41. The van der Waals surface area contributed by atoms with Crippen LogP contribution in [0.2, 0.25) is 0 Å². The van der Waals surface area contributed by atoms with Gasteiger partial charge in [0.2, 0.25) is 0 Å². The number of hydrogen-bond acceptors (Lipinski definition) is 1. The number of methoxy groups -OCH3 is 1. The quantitative estimate of drug-likeness (QED) is 0.669. The van der Waals surface area contributed by atoms with Crippen molar-refractivity contribution in [2.45, 2.75) is 46.5 Å². The van der Waals surface area contributed by atoms with Crippen LogP contribution in [0.4, 0.5) is 0 Å². The van der Waals surface area contributed by atoms with Crippen LogP contribution >= 0.6 is 0 Å². The van der Waals surface area contributed by atoms with Crippen LogP contribution in [-0.2, 0) is 0 Å². The predicted molar refractivity (Wildman–Crippen MR) is 75.1 cm³/mol. The van der Waals surface area contributed by atoms with E-state index in [1.54, 1.807) is 7.11 Å². The molecular weight excluding hydrogens is 208 g/mol. The van der Waals surface area contributed by atoms with Gasteiger partial charge in [-0.25, -0.2) is 0 Å². The van der Waals surface area contributed by atoms with E-state index in [1.807, 2.05) is 6.08 Å². The second-order valence-electron chi connectivity index (χ2n) is 4.69. The fourth-order valence-corrected chi connectivity index (χ4v) is 2.60. The summed E-state index contributed by atoms with van der Waals surface area (Å²) in [6.45, 7) is 12.6. The molecule has 0 saturated carbocycles. The largest absolute Gasteiger partial charge is 0.496 e. The van der Waals surface area contributed by atoms with Gasteiger partial charge < -0.3 is 4.74 Å². The minimum absolute atomic E-state index is 0.581. The number of benzene rings is 1. The summed E-state index contributed by atoms with van der Waals surface area (Å²) in [5.41, 5.74) is 5.44. The van der Waals surface area contributed by atoms with Gasteiger partial charge in [0.15, 0.2) is 0 Å². The molecule has 94 valence electrons. The Morgan fingerprint density at radius 1 is 1.29 bits per heavy atom. The van der Waals surface area contributed by atoms with Crippen molar-refractivity contribution in [2.24, 2.45) is 0 Å². The third-order valence-corrected chi connectivity index (χ3v) is 3.68. The second-order valence-corrected chi connectivity index (χ2v) is 4.69. The standard InChI is InChI=1S/C16H24O/c1-7-9-14(8-2)16-11(3)10-15(17-6)12(4)13(16)5/h7,10,14H,1,8-9H2,2-6H3. The summed E-state index contributed by atoms with van der Waals surface area (Å²) < 4.78 is 5.41. The van der Waals surface area contributed by atoms with Crippen LogP contribution in [0.3, 0.4) is 0 Å². The molecule has 1 heteroatoms. The number of ether oxygens (including phenoxy) is 1. The van der Waals surface area contributed by atoms with Crippen LogP contribution in [0.1, 0.15) is 47.9 Å². The van der Waals surface area contributed by atoms with E-state index in [0.717, 1.165) is 18.6 Å². The van der Waals surface area contributed by atoms with E-state index >= 15 is 0 Å². The molecule has 17 heavy (non-hydrogen) atoms. The van der Waals surface area contributed by atoms with Gasteiger partial charge in [-0.05, 0) is 67.9 Å². The van der Waals surface area contributed by atoms with Crippen molar-refractivity contribution in [1.29, 1.82) is 0 Å². The molecule has 0 aliphatic carbocycles. The fraction of sp³-hybridized carbons (Fsp3) is 0.500. The first-order valence-corrected chi connectivity index (χ1v) is 6.32. The average molecular weight is 232 g/mol. The van der Waals surface area contributed by atoms with Crippen LogP contribution in [0.15, 0.2) is 18.7 Å². The molecule has 1 atom stereocenters. The molecule has 0 heterocycles. The van der Waals surface area contributed by atoms with Crippen molar-refractivity contribution in [3.63, 3.8) is 0 Å². The molecule has 0 spiro atoms. The summed E-state index contributed by atoms with van der Waals surface area (Å²) in [5, 5.41) is 0. The Morgan fingerprint density at radius 2 is 1.94 bits per heavy atom. The van der Waals surface area contributed by atoms with Crippen molar-refractivity contribution >= 4 is 0 Å². The zero-order valence-electron chi connectivity index (χ0n) is 11.8. The van der Waals surface area contributed by atoms with E-state index in [9.17, 15) is 0 Å². The minimum Gasteiger partial charge on any atom is -0.496 e. The summed E-state index contributed by atoms with van der Waals surface area (Å²) in [7, 11) is 1.74. The first-order chi connectivity index (χ1) is 8.06. The number of hydrogen-bond donors (Lipinski definition) is 0. The summed E-state index contributed by atoms with van der Waals surface area (Å²) in [4.78, 5) is 0. The van der Waals surface area contributed by atoms with Crippen molar-refractivity contribution < 1.29 is 4.74 Å². The average Bonchev–Trinajstić information content (AvgIpc) is 2.32. The van der Waals surface area contributed by atoms with E-state index in [-0.39, 0.29) is 0 Å². The highest BCUT2D eigenvalue weighted by Crippen LogP contribution is 2.35. The van der Waals surface area contributed by atoms with Gasteiger partial charge in [0.05, 0.1) is 7.11 Å². The fourth-order valence-electron chi connectivity index (χ4n) is 2.60. The molecule has 0 fully saturated rings. The summed E-state index contributed by atoms with van der Waals surface area (Å²) in [6, 6.07) is 2.16. The molecule has 1 aromatic carbocycles. The number of rotatable bonds is 5. The zero-order chi connectivity index (χ0) is 13.0. The lowest BCUT2D eigenvalue weighted by Crippen LogP contribution is -2.05. The first kappa shape index (κ1) is 13.8. The molecular formula is C16H24O. The van der Waals surface area contributed by atoms with Gasteiger partial charge in [-0.15, -0.1) is 6.58 Å². The van der Waals surface area contributed by atoms with E-state index < -0.39 is 0 Å². The Bertz CT molecular complexity index is 404. The third kappa shape index (κ3) is 2.71. The summed E-state index contributed by atoms with van der Waals surface area (Å²) >= 11 is 0. The second kappa shape index (κ2) is 5.90. The smallest absolute Gasteiger partial charge is 0.122 e. The van der Waals surface area contributed by atoms with Crippen LogP contribution in [0.25, 0.3) is 0 Å². The summed E-state index contributed by atoms with van der Waals surface area (Å²) in [5.74, 6) is 1.58. The molecule has 1 unspecified atom stereocenters. The van der Waals surface area contributed by atoms with E-state index in [4.69, 9.17) is 4.74 Å². The third-order valence-electron chi connectivity index (χ3n) is 3.68. The van der Waals surface area contributed by atoms with Gasteiger partial charge >= 0.3 is 0 Å². The molecule has 0 aliphatic rings. The molecule has 1 aromatic rings. The lowest BCUT2D eigenvalue weighted by molar-refractivity contribution is 0.410. The van der Waals surface area contributed by atoms with E-state index in [1.165, 1.54) is 22.3 Å². The van der Waals surface area contributed by atoms with Crippen molar-refractivity contribution in [3.8, 4) is 5.75 Å². The van der Waals surface area contributed by atoms with Crippen molar-refractivity contribution in [2.75, 3.05) is 7.11 Å². The maximum Gasteiger partial charge on any atom is 0.122 e. The highest BCUT2D eigenvalue weighted by Gasteiger charge is 2.17. The zero-order valence-corrected chi connectivity index (χ0v) is 11.8. The van der Waals surface area contributed by atoms with Crippen LogP contribution in [0.5, 0.6) is 5.75 Å². The molecule has 1 rings (SSSR count). The lowest BCUT2D eigenvalue weighted by Gasteiger charge is -2.22. The molecule has 0 aliphatic heterocycles. The minimum atomic E-state index is 0.581. The van der Waals surface area contributed by atoms with Crippen molar-refractivity contribution in [1.82, 2.24) is 0 Å². The molecule has 0 saturated heterocycles. The van der Waals surface area contributed by atoms with E-state index in [0.29, 0.717) is 5.92 Å². The Balaban J connectivity index is 3.32. The molecule has 0 bridgehead atoms. The molecule has 0 N–H and O–H groups in total. The molecule has 0 aromatic heterocycles. The van der Waals surface area contributed by atoms with Gasteiger partial charge in [-0.3, -0.25) is 0 Å². The molecule has 1 nitrogen and oxygen atoms in total. The molecule has 0 radical (unpaired) electrons. The van der Waals surface area contributed by atoms with Crippen LogP contribution in [-0.4, -0.2) is 7.11 Å².